The van der Waals surface area contributed by atoms with Crippen molar-refractivity contribution in [2.45, 2.75) is 56.0 Å². The second-order valence-corrected chi connectivity index (χ2v) is 11.2. The van der Waals surface area contributed by atoms with Gasteiger partial charge in [-0.3, -0.25) is 14.7 Å². The van der Waals surface area contributed by atoms with Gasteiger partial charge in [0.05, 0.1) is 46.4 Å². The topological polar surface area (TPSA) is 107 Å². The molecule has 4 atom stereocenters. The minimum Gasteiger partial charge on any atom is -0.391 e. The molecule has 4 heterocycles. The highest BCUT2D eigenvalue weighted by atomic mass is 32.1. The van der Waals surface area contributed by atoms with Crippen LogP contribution in [-0.4, -0.2) is 70.9 Å². The number of anilines is 2. The van der Waals surface area contributed by atoms with E-state index >= 15 is 0 Å². The number of aromatic nitrogens is 1. The molecule has 0 spiro atoms. The molecule has 2 fully saturated rings. The van der Waals surface area contributed by atoms with Crippen molar-refractivity contribution in [2.24, 2.45) is 0 Å². The number of amides is 3. The lowest BCUT2D eigenvalue weighted by Gasteiger charge is -2.42. The van der Waals surface area contributed by atoms with E-state index in [9.17, 15) is 14.7 Å². The summed E-state index contributed by atoms with van der Waals surface area (Å²) in [5, 5.41) is 19.2. The average Bonchev–Trinajstić information content (AvgIpc) is 3.32. The van der Waals surface area contributed by atoms with Gasteiger partial charge in [0.25, 0.3) is 5.91 Å². The molecular weight excluding hydrogens is 490 g/mol. The number of rotatable bonds is 6. The van der Waals surface area contributed by atoms with Crippen LogP contribution in [0.15, 0.2) is 48.0 Å². The van der Waals surface area contributed by atoms with Crippen LogP contribution < -0.4 is 15.5 Å². The molecule has 6 rings (SSSR count). The molecule has 10 heteroatoms. The van der Waals surface area contributed by atoms with E-state index in [1.54, 1.807) is 34.4 Å². The number of hydrogen-bond donors (Lipinski definition) is 3. The van der Waals surface area contributed by atoms with E-state index < -0.39 is 17.7 Å². The van der Waals surface area contributed by atoms with Gasteiger partial charge in [-0.1, -0.05) is 18.2 Å². The van der Waals surface area contributed by atoms with E-state index in [0.29, 0.717) is 18.7 Å². The van der Waals surface area contributed by atoms with Crippen LogP contribution in [0.2, 0.25) is 0 Å². The number of pyridine rings is 1. The molecule has 0 radical (unpaired) electrons. The standard InChI is InChI=1S/C27H31N5O4S/c1-27(25(34)31-14-18(33)13-17(31)15-36-2)24(30-21-9-11-28-20-10-12-37-23(20)21)19-5-3-4-6-22(19)32(27)26(35)29-16-7-8-16/h3-6,9-12,16-18,24,33H,7-8,13-15H2,1-2H3,(H,28,30)(H,29,35)/t17-,18+,24?,27?/m0/s1. The first kappa shape index (κ1) is 24.1. The van der Waals surface area contributed by atoms with Crippen molar-refractivity contribution in [1.29, 1.82) is 0 Å². The number of hydrogen-bond acceptors (Lipinski definition) is 7. The molecule has 9 nitrogen and oxygen atoms in total. The Morgan fingerprint density at radius 2 is 2.05 bits per heavy atom. The maximum Gasteiger partial charge on any atom is 0.323 e. The highest BCUT2D eigenvalue weighted by Crippen LogP contribution is 2.50. The van der Waals surface area contributed by atoms with Gasteiger partial charge in [0.2, 0.25) is 0 Å². The van der Waals surface area contributed by atoms with Crippen molar-refractivity contribution in [1.82, 2.24) is 15.2 Å². The van der Waals surface area contributed by atoms with E-state index in [2.05, 4.69) is 15.6 Å². The number of nitrogens with one attached hydrogen (secondary N) is 2. The maximum atomic E-state index is 14.6. The summed E-state index contributed by atoms with van der Waals surface area (Å²) in [4.78, 5) is 36.1. The van der Waals surface area contributed by atoms with Crippen LogP contribution in [0.3, 0.4) is 0 Å². The van der Waals surface area contributed by atoms with Crippen molar-refractivity contribution in [3.8, 4) is 0 Å². The Bertz CT molecular complexity index is 1340. The molecule has 194 valence electrons. The number of thiophene rings is 1. The molecule has 2 unspecified atom stereocenters. The van der Waals surface area contributed by atoms with Crippen LogP contribution in [0.5, 0.6) is 0 Å². The van der Waals surface area contributed by atoms with Crippen LogP contribution in [0, 0.1) is 0 Å². The number of benzene rings is 1. The summed E-state index contributed by atoms with van der Waals surface area (Å²) in [6.07, 6.45) is 3.43. The van der Waals surface area contributed by atoms with Crippen LogP contribution in [0.1, 0.15) is 37.8 Å². The Balaban J connectivity index is 1.47. The zero-order valence-electron chi connectivity index (χ0n) is 20.9. The summed E-state index contributed by atoms with van der Waals surface area (Å²) in [5.74, 6) is -0.220. The van der Waals surface area contributed by atoms with Crippen LogP contribution in [-0.2, 0) is 9.53 Å². The van der Waals surface area contributed by atoms with Gasteiger partial charge < -0.3 is 25.4 Å². The minimum absolute atomic E-state index is 0.131. The van der Waals surface area contributed by atoms with Gasteiger partial charge in [0.1, 0.15) is 5.54 Å². The number of ether oxygens (including phenoxy) is 1. The molecule has 3 aliphatic rings. The highest BCUT2D eigenvalue weighted by Gasteiger charge is 2.59. The Labute approximate surface area is 219 Å². The molecule has 1 aromatic carbocycles. The van der Waals surface area contributed by atoms with Gasteiger partial charge in [0.15, 0.2) is 0 Å². The van der Waals surface area contributed by atoms with Gasteiger partial charge in [-0.2, -0.15) is 0 Å². The summed E-state index contributed by atoms with van der Waals surface area (Å²) in [7, 11) is 1.59. The number of carbonyl (C=O) groups is 2. The largest absolute Gasteiger partial charge is 0.391 e. The number of nitrogens with zero attached hydrogens (tertiary/aromatic N) is 3. The SMILES string of the molecule is COC[C@@H]1C[C@@H](O)CN1C(=O)C1(C)C(Nc2ccnc3ccsc23)c2ccccc2N1C(=O)NC1CC1. The second kappa shape index (κ2) is 9.27. The van der Waals surface area contributed by atoms with Crippen molar-refractivity contribution in [3.05, 3.63) is 53.5 Å². The molecule has 2 aliphatic heterocycles. The van der Waals surface area contributed by atoms with E-state index in [1.165, 1.54) is 0 Å². The van der Waals surface area contributed by atoms with Crippen LogP contribution in [0.4, 0.5) is 16.2 Å². The number of fused-ring (bicyclic) bond motifs is 2. The third-order valence-corrected chi connectivity index (χ3v) is 8.65. The third kappa shape index (κ3) is 4.03. The molecule has 37 heavy (non-hydrogen) atoms. The van der Waals surface area contributed by atoms with Crippen molar-refractivity contribution >= 4 is 44.9 Å². The van der Waals surface area contributed by atoms with Crippen molar-refractivity contribution in [2.75, 3.05) is 30.5 Å². The quantitative estimate of drug-likeness (QED) is 0.458. The van der Waals surface area contributed by atoms with Crippen molar-refractivity contribution in [3.63, 3.8) is 0 Å². The second-order valence-electron chi connectivity index (χ2n) is 10.3. The smallest absolute Gasteiger partial charge is 0.323 e. The molecule has 3 aromatic rings. The lowest BCUT2D eigenvalue weighted by Crippen LogP contribution is -2.64. The monoisotopic (exact) mass is 521 g/mol. The van der Waals surface area contributed by atoms with Gasteiger partial charge in [-0.25, -0.2) is 4.79 Å². The minimum atomic E-state index is -1.30. The number of likely N-dealkylation sites (tertiary alicyclic amines) is 1. The fourth-order valence-corrected chi connectivity index (χ4v) is 6.59. The number of aliphatic hydroxyl groups excluding tert-OH is 1. The average molecular weight is 522 g/mol. The lowest BCUT2D eigenvalue weighted by molar-refractivity contribution is -0.138. The molecular formula is C27H31N5O4S. The zero-order valence-corrected chi connectivity index (χ0v) is 21.7. The first-order chi connectivity index (χ1) is 17.9. The Kier molecular flexibility index (Phi) is 6.05. The zero-order chi connectivity index (χ0) is 25.7. The highest BCUT2D eigenvalue weighted by molar-refractivity contribution is 7.17. The van der Waals surface area contributed by atoms with Gasteiger partial charge in [-0.05, 0) is 49.8 Å². The Morgan fingerprint density at radius 1 is 1.24 bits per heavy atom. The summed E-state index contributed by atoms with van der Waals surface area (Å²) >= 11 is 1.58. The maximum absolute atomic E-state index is 14.6. The normalized spacial score (nSPS) is 26.9. The summed E-state index contributed by atoms with van der Waals surface area (Å²) < 4.78 is 6.38. The predicted molar refractivity (Wildman–Crippen MR) is 143 cm³/mol. The Hall–Kier alpha value is -3.21. The van der Waals surface area contributed by atoms with E-state index in [1.807, 2.05) is 48.7 Å². The number of aliphatic hydroxyl groups is 1. The number of carbonyl (C=O) groups excluding carboxylic acids is 2. The van der Waals surface area contributed by atoms with Gasteiger partial charge >= 0.3 is 6.03 Å². The number of urea groups is 1. The first-order valence-electron chi connectivity index (χ1n) is 12.7. The summed E-state index contributed by atoms with van der Waals surface area (Å²) in [6, 6.07) is 10.6. The molecule has 3 amide bonds. The van der Waals surface area contributed by atoms with Crippen LogP contribution in [0.25, 0.3) is 10.2 Å². The molecule has 2 aromatic heterocycles. The number of β-amino-alcohol motifs (C(OH)–C–C–N with tert-alkyl or cyclic N) is 1. The first-order valence-corrected chi connectivity index (χ1v) is 13.6. The summed E-state index contributed by atoms with van der Waals surface area (Å²) in [6.45, 7) is 2.35. The van der Waals surface area contributed by atoms with E-state index in [-0.39, 0.29) is 30.6 Å². The molecule has 1 aliphatic carbocycles. The number of para-hydroxylation sites is 1. The molecule has 1 saturated heterocycles. The van der Waals surface area contributed by atoms with Gasteiger partial charge in [-0.15, -0.1) is 11.3 Å². The lowest BCUT2D eigenvalue weighted by atomic mass is 9.88. The summed E-state index contributed by atoms with van der Waals surface area (Å²) in [5.41, 5.74) is 2.01. The number of methoxy groups -OCH3 is 1. The fourth-order valence-electron chi connectivity index (χ4n) is 5.77. The van der Waals surface area contributed by atoms with E-state index in [4.69, 9.17) is 4.74 Å². The molecule has 1 saturated carbocycles. The van der Waals surface area contributed by atoms with Gasteiger partial charge in [0, 0.05) is 31.5 Å². The van der Waals surface area contributed by atoms with Crippen molar-refractivity contribution < 1.29 is 19.4 Å². The Morgan fingerprint density at radius 3 is 2.84 bits per heavy atom. The van der Waals surface area contributed by atoms with Crippen LogP contribution >= 0.6 is 11.3 Å². The molecule has 3 N–H and O–H groups in total. The predicted octanol–water partition coefficient (Wildman–Crippen LogP) is 3.51. The third-order valence-electron chi connectivity index (χ3n) is 7.71. The van der Waals surface area contributed by atoms with E-state index in [0.717, 1.165) is 34.3 Å². The fraction of sp³-hybridized carbons (Fsp3) is 0.444. The molecule has 0 bridgehead atoms.